The summed E-state index contributed by atoms with van der Waals surface area (Å²) in [6, 6.07) is 14.1. The number of rotatable bonds is 7. The summed E-state index contributed by atoms with van der Waals surface area (Å²) in [4.78, 5) is 15.2. The fourth-order valence-corrected chi connectivity index (χ4v) is 6.20. The molecule has 5 rings (SSSR count). The van der Waals surface area contributed by atoms with Crippen LogP contribution in [-0.4, -0.2) is 42.2 Å². The van der Waals surface area contributed by atoms with E-state index in [2.05, 4.69) is 5.10 Å². The van der Waals surface area contributed by atoms with Gasteiger partial charge in [0.25, 0.3) is 5.91 Å². The Bertz CT molecular complexity index is 1730. The molecular formula is C30H29F2N3O5S. The van der Waals surface area contributed by atoms with Crippen molar-refractivity contribution in [1.29, 1.82) is 0 Å². The normalized spacial score (nSPS) is 15.1. The van der Waals surface area contributed by atoms with Gasteiger partial charge in [-0.05, 0) is 75.2 Å². The van der Waals surface area contributed by atoms with Crippen molar-refractivity contribution in [3.63, 3.8) is 0 Å². The highest BCUT2D eigenvalue weighted by Crippen LogP contribution is 2.37. The topological polar surface area (TPSA) is 90.7 Å². The standard InChI is InChI=1S/C30H29F2N3O5S/c1-5-39-41(37,38)27-10-9-18(2)13-26(27)40-24-8-6-7-20(16-24)30(36)35-12-11-25-28(19(35)3)33-34(4)29(25)21-14-22(31)17-23(32)15-21/h6-10,13-17,19H,5,11-12H2,1-4H3. The molecule has 0 saturated heterocycles. The fraction of sp³-hybridized carbons (Fsp3) is 0.267. The molecule has 41 heavy (non-hydrogen) atoms. The minimum Gasteiger partial charge on any atom is -0.456 e. The Balaban J connectivity index is 1.42. The summed E-state index contributed by atoms with van der Waals surface area (Å²) >= 11 is 0. The first-order valence-electron chi connectivity index (χ1n) is 13.1. The quantitative estimate of drug-likeness (QED) is 0.251. The van der Waals surface area contributed by atoms with Gasteiger partial charge in [-0.25, -0.2) is 8.78 Å². The Hall–Kier alpha value is -4.09. The first-order chi connectivity index (χ1) is 19.5. The molecule has 1 aliphatic heterocycles. The van der Waals surface area contributed by atoms with E-state index in [4.69, 9.17) is 8.92 Å². The highest BCUT2D eigenvalue weighted by Gasteiger charge is 2.33. The number of carbonyl (C=O) groups is 1. The zero-order valence-electron chi connectivity index (χ0n) is 23.0. The van der Waals surface area contributed by atoms with Gasteiger partial charge in [0.1, 0.15) is 28.0 Å². The Morgan fingerprint density at radius 3 is 2.51 bits per heavy atom. The Kier molecular flexibility index (Phi) is 7.67. The molecule has 0 fully saturated rings. The maximum Gasteiger partial charge on any atom is 0.300 e. The van der Waals surface area contributed by atoms with Crippen LogP contribution in [0.15, 0.2) is 65.6 Å². The summed E-state index contributed by atoms with van der Waals surface area (Å²) in [5.74, 6) is -1.23. The van der Waals surface area contributed by atoms with Gasteiger partial charge in [-0.15, -0.1) is 0 Å². The van der Waals surface area contributed by atoms with Crippen LogP contribution in [0.4, 0.5) is 8.78 Å². The fourth-order valence-electron chi connectivity index (χ4n) is 5.18. The van der Waals surface area contributed by atoms with E-state index < -0.39 is 27.8 Å². The zero-order valence-corrected chi connectivity index (χ0v) is 23.8. The molecule has 0 spiro atoms. The maximum absolute atomic E-state index is 14.0. The van der Waals surface area contributed by atoms with Gasteiger partial charge in [0.05, 0.1) is 24.0 Å². The van der Waals surface area contributed by atoms with E-state index in [0.29, 0.717) is 35.5 Å². The van der Waals surface area contributed by atoms with E-state index in [-0.39, 0.29) is 28.9 Å². The number of amides is 1. The van der Waals surface area contributed by atoms with E-state index in [1.807, 2.05) is 13.8 Å². The molecule has 0 radical (unpaired) electrons. The molecule has 0 aliphatic carbocycles. The number of halogens is 2. The third kappa shape index (κ3) is 5.59. The van der Waals surface area contributed by atoms with Gasteiger partial charge in [-0.3, -0.25) is 13.7 Å². The lowest BCUT2D eigenvalue weighted by atomic mass is 9.95. The van der Waals surface area contributed by atoms with Gasteiger partial charge in [0, 0.05) is 36.3 Å². The molecule has 8 nitrogen and oxygen atoms in total. The van der Waals surface area contributed by atoms with Crippen LogP contribution in [-0.2, 0) is 27.8 Å². The molecule has 1 unspecified atom stereocenters. The van der Waals surface area contributed by atoms with Gasteiger partial charge >= 0.3 is 10.1 Å². The predicted octanol–water partition coefficient (Wildman–Crippen LogP) is 5.95. The number of fused-ring (bicyclic) bond motifs is 1. The molecule has 1 atom stereocenters. The molecule has 1 aliphatic rings. The van der Waals surface area contributed by atoms with Gasteiger partial charge in [-0.2, -0.15) is 13.5 Å². The maximum atomic E-state index is 14.0. The van der Waals surface area contributed by atoms with Crippen molar-refractivity contribution in [3.8, 4) is 22.8 Å². The summed E-state index contributed by atoms with van der Waals surface area (Å²) in [5.41, 5.74) is 3.64. The van der Waals surface area contributed by atoms with Crippen molar-refractivity contribution in [2.75, 3.05) is 13.2 Å². The molecule has 11 heteroatoms. The Morgan fingerprint density at radius 1 is 1.07 bits per heavy atom. The van der Waals surface area contributed by atoms with E-state index in [0.717, 1.165) is 17.2 Å². The number of ether oxygens (including phenoxy) is 1. The predicted molar refractivity (Wildman–Crippen MR) is 148 cm³/mol. The number of hydrogen-bond donors (Lipinski definition) is 0. The van der Waals surface area contributed by atoms with E-state index >= 15 is 0 Å². The van der Waals surface area contributed by atoms with Gasteiger partial charge in [0.15, 0.2) is 0 Å². The van der Waals surface area contributed by atoms with Crippen LogP contribution in [0, 0.1) is 18.6 Å². The van der Waals surface area contributed by atoms with Crippen LogP contribution >= 0.6 is 0 Å². The molecule has 214 valence electrons. The molecule has 1 aromatic heterocycles. The molecule has 1 amide bonds. The van der Waals surface area contributed by atoms with Crippen LogP contribution in [0.5, 0.6) is 11.5 Å². The number of aryl methyl sites for hydroxylation is 2. The lowest BCUT2D eigenvalue weighted by Crippen LogP contribution is -2.38. The molecular weight excluding hydrogens is 552 g/mol. The minimum absolute atomic E-state index is 0.0216. The Labute approximate surface area is 237 Å². The largest absolute Gasteiger partial charge is 0.456 e. The van der Waals surface area contributed by atoms with Gasteiger partial charge in [-0.1, -0.05) is 12.1 Å². The van der Waals surface area contributed by atoms with Crippen molar-refractivity contribution in [2.24, 2.45) is 7.05 Å². The third-order valence-electron chi connectivity index (χ3n) is 6.99. The number of nitrogens with zero attached hydrogens (tertiary/aromatic N) is 3. The lowest BCUT2D eigenvalue weighted by Gasteiger charge is -2.33. The Morgan fingerprint density at radius 2 is 1.80 bits per heavy atom. The second-order valence-electron chi connectivity index (χ2n) is 9.86. The number of carbonyl (C=O) groups excluding carboxylic acids is 1. The number of aromatic nitrogens is 2. The van der Waals surface area contributed by atoms with Crippen molar-refractivity contribution in [3.05, 3.63) is 94.7 Å². The second kappa shape index (κ2) is 11.1. The smallest absolute Gasteiger partial charge is 0.300 e. The van der Waals surface area contributed by atoms with Crippen molar-refractivity contribution in [2.45, 2.75) is 38.1 Å². The van der Waals surface area contributed by atoms with Crippen molar-refractivity contribution in [1.82, 2.24) is 14.7 Å². The highest BCUT2D eigenvalue weighted by molar-refractivity contribution is 7.86. The van der Waals surface area contributed by atoms with Crippen LogP contribution < -0.4 is 4.74 Å². The summed E-state index contributed by atoms with van der Waals surface area (Å²) in [6.07, 6.45) is 0.449. The third-order valence-corrected chi connectivity index (χ3v) is 8.41. The van der Waals surface area contributed by atoms with Crippen LogP contribution in [0.2, 0.25) is 0 Å². The second-order valence-corrected chi connectivity index (χ2v) is 11.4. The van der Waals surface area contributed by atoms with E-state index in [9.17, 15) is 22.0 Å². The summed E-state index contributed by atoms with van der Waals surface area (Å²) < 4.78 is 65.6. The van der Waals surface area contributed by atoms with E-state index in [1.165, 1.54) is 18.2 Å². The monoisotopic (exact) mass is 581 g/mol. The first kappa shape index (κ1) is 28.4. The van der Waals surface area contributed by atoms with Crippen molar-refractivity contribution < 1.29 is 30.9 Å². The average Bonchev–Trinajstić information content (AvgIpc) is 3.25. The lowest BCUT2D eigenvalue weighted by molar-refractivity contribution is 0.0673. The van der Waals surface area contributed by atoms with Crippen molar-refractivity contribution >= 4 is 16.0 Å². The highest BCUT2D eigenvalue weighted by atomic mass is 32.2. The summed E-state index contributed by atoms with van der Waals surface area (Å²) in [6.45, 7) is 5.59. The molecule has 4 aromatic rings. The summed E-state index contributed by atoms with van der Waals surface area (Å²) in [7, 11) is -2.32. The molecule has 3 aromatic carbocycles. The van der Waals surface area contributed by atoms with E-state index in [1.54, 1.807) is 60.0 Å². The molecule has 0 N–H and O–H groups in total. The van der Waals surface area contributed by atoms with Crippen LogP contribution in [0.25, 0.3) is 11.3 Å². The first-order valence-corrected chi connectivity index (χ1v) is 14.5. The average molecular weight is 582 g/mol. The molecule has 0 bridgehead atoms. The molecule has 2 heterocycles. The van der Waals surface area contributed by atoms with Crippen LogP contribution in [0.1, 0.15) is 47.1 Å². The van der Waals surface area contributed by atoms with Gasteiger partial charge in [0.2, 0.25) is 0 Å². The minimum atomic E-state index is -4.03. The van der Waals surface area contributed by atoms with Crippen LogP contribution in [0.3, 0.4) is 0 Å². The zero-order chi connectivity index (χ0) is 29.5. The molecule has 0 saturated carbocycles. The number of hydrogen-bond acceptors (Lipinski definition) is 6. The van der Waals surface area contributed by atoms with Gasteiger partial charge < -0.3 is 9.64 Å². The SMILES string of the molecule is CCOS(=O)(=O)c1ccc(C)cc1Oc1cccc(C(=O)N2CCc3c(nn(C)c3-c3cc(F)cc(F)c3)C2C)c1. The number of benzene rings is 3. The summed E-state index contributed by atoms with van der Waals surface area (Å²) in [5, 5.41) is 4.61.